The number of hydrogen-bond acceptors (Lipinski definition) is 2. The Balaban J connectivity index is 1.62. The fourth-order valence-electron chi connectivity index (χ4n) is 4.65. The van der Waals surface area contributed by atoms with E-state index in [-0.39, 0.29) is 30.4 Å². The number of rotatable bonds is 5. The van der Waals surface area contributed by atoms with E-state index in [4.69, 9.17) is 0 Å². The summed E-state index contributed by atoms with van der Waals surface area (Å²) in [5.41, 5.74) is 5.14. The summed E-state index contributed by atoms with van der Waals surface area (Å²) in [4.78, 5) is 30.1. The maximum Gasteiger partial charge on any atom is 0.247 e. The van der Waals surface area contributed by atoms with Crippen molar-refractivity contribution in [1.29, 1.82) is 0 Å². The quantitative estimate of drug-likeness (QED) is 0.613. The Morgan fingerprint density at radius 3 is 2.48 bits per heavy atom. The van der Waals surface area contributed by atoms with Crippen molar-refractivity contribution < 1.29 is 9.59 Å². The zero-order chi connectivity index (χ0) is 21.5. The summed E-state index contributed by atoms with van der Waals surface area (Å²) >= 11 is 0. The lowest BCUT2D eigenvalue weighted by Crippen LogP contribution is -2.47. The molecular formula is C26H27N3O2. The van der Waals surface area contributed by atoms with E-state index in [0.717, 1.165) is 41.0 Å². The second-order valence-corrected chi connectivity index (χ2v) is 8.48. The molecule has 3 aromatic rings. The maximum absolute atomic E-state index is 13.8. The second kappa shape index (κ2) is 7.73. The van der Waals surface area contributed by atoms with Crippen LogP contribution < -0.4 is 4.90 Å². The Hall–Kier alpha value is -3.34. The predicted molar refractivity (Wildman–Crippen MR) is 121 cm³/mol. The molecule has 1 aliphatic carbocycles. The standard InChI is InChI=1S/C26H27N3O2/c1-3-24(30)28(20-13-14-20)17-25(31)29-22-11-5-4-10-21(22)27-15-7-12-23(27)26(29)19-9-6-8-18(2)16-19/h4-12,15-16,20,26H,3,13-14,17H2,1-2H3. The lowest BCUT2D eigenvalue weighted by Gasteiger charge is -2.39. The number of hydrogen-bond donors (Lipinski definition) is 0. The van der Waals surface area contributed by atoms with E-state index in [2.05, 4.69) is 42.0 Å². The predicted octanol–water partition coefficient (Wildman–Crippen LogP) is 4.62. The zero-order valence-electron chi connectivity index (χ0n) is 18.0. The van der Waals surface area contributed by atoms with Gasteiger partial charge in [-0.05, 0) is 49.6 Å². The minimum Gasteiger partial charge on any atom is -0.330 e. The average molecular weight is 414 g/mol. The fraction of sp³-hybridized carbons (Fsp3) is 0.308. The van der Waals surface area contributed by atoms with Gasteiger partial charge >= 0.3 is 0 Å². The van der Waals surface area contributed by atoms with Crippen LogP contribution in [0, 0.1) is 6.92 Å². The van der Waals surface area contributed by atoms with Crippen LogP contribution in [0.5, 0.6) is 0 Å². The number of carbonyl (C=O) groups is 2. The molecule has 2 heterocycles. The summed E-state index contributed by atoms with van der Waals surface area (Å²) in [5, 5.41) is 0. The van der Waals surface area contributed by atoms with Crippen molar-refractivity contribution in [3.63, 3.8) is 0 Å². The summed E-state index contributed by atoms with van der Waals surface area (Å²) in [6.07, 6.45) is 4.44. The fourth-order valence-corrected chi connectivity index (χ4v) is 4.65. The molecule has 0 bridgehead atoms. The Kier molecular flexibility index (Phi) is 4.89. The molecule has 0 radical (unpaired) electrons. The molecule has 1 saturated carbocycles. The van der Waals surface area contributed by atoms with Crippen molar-refractivity contribution >= 4 is 17.5 Å². The Morgan fingerprint density at radius 2 is 1.77 bits per heavy atom. The molecule has 0 spiro atoms. The van der Waals surface area contributed by atoms with Crippen LogP contribution in [0.25, 0.3) is 5.69 Å². The van der Waals surface area contributed by atoms with Crippen molar-refractivity contribution in [2.45, 2.75) is 45.2 Å². The van der Waals surface area contributed by atoms with Gasteiger partial charge in [-0.2, -0.15) is 0 Å². The number of nitrogens with zero attached hydrogens (tertiary/aromatic N) is 3. The van der Waals surface area contributed by atoms with Gasteiger partial charge in [-0.25, -0.2) is 0 Å². The first-order chi connectivity index (χ1) is 15.1. The third kappa shape index (κ3) is 3.44. The molecule has 1 unspecified atom stereocenters. The highest BCUT2D eigenvalue weighted by Crippen LogP contribution is 2.42. The Morgan fingerprint density at radius 1 is 1.00 bits per heavy atom. The summed E-state index contributed by atoms with van der Waals surface area (Å²) < 4.78 is 2.17. The highest BCUT2D eigenvalue weighted by Gasteiger charge is 2.39. The van der Waals surface area contributed by atoms with Gasteiger partial charge in [0.15, 0.2) is 0 Å². The number of benzene rings is 2. The number of fused-ring (bicyclic) bond motifs is 3. The van der Waals surface area contributed by atoms with Crippen molar-refractivity contribution in [1.82, 2.24) is 9.47 Å². The molecule has 5 heteroatoms. The molecule has 31 heavy (non-hydrogen) atoms. The largest absolute Gasteiger partial charge is 0.330 e. The van der Waals surface area contributed by atoms with Crippen LogP contribution >= 0.6 is 0 Å². The van der Waals surface area contributed by atoms with Crippen molar-refractivity contribution in [2.24, 2.45) is 0 Å². The summed E-state index contributed by atoms with van der Waals surface area (Å²) in [7, 11) is 0. The third-order valence-electron chi connectivity index (χ3n) is 6.26. The van der Waals surface area contributed by atoms with Gasteiger partial charge in [0, 0.05) is 18.7 Å². The van der Waals surface area contributed by atoms with E-state index in [1.165, 1.54) is 0 Å². The van der Waals surface area contributed by atoms with Gasteiger partial charge in [-0.3, -0.25) is 14.5 Å². The van der Waals surface area contributed by atoms with E-state index < -0.39 is 0 Å². The summed E-state index contributed by atoms with van der Waals surface area (Å²) in [6, 6.07) is 20.4. The molecule has 2 amide bonds. The van der Waals surface area contributed by atoms with E-state index in [0.29, 0.717) is 6.42 Å². The van der Waals surface area contributed by atoms with Crippen LogP contribution in [0.3, 0.4) is 0 Å². The summed E-state index contributed by atoms with van der Waals surface area (Å²) in [6.45, 7) is 4.05. The molecule has 1 aromatic heterocycles. The van der Waals surface area contributed by atoms with Gasteiger partial charge < -0.3 is 9.47 Å². The number of carbonyl (C=O) groups excluding carboxylic acids is 2. The minimum atomic E-state index is -0.241. The maximum atomic E-state index is 13.8. The van der Waals surface area contributed by atoms with Gasteiger partial charge in [-0.15, -0.1) is 0 Å². The van der Waals surface area contributed by atoms with E-state index >= 15 is 0 Å². The molecule has 0 saturated heterocycles. The van der Waals surface area contributed by atoms with Crippen LogP contribution in [-0.4, -0.2) is 33.9 Å². The normalized spacial score (nSPS) is 17.1. The number of para-hydroxylation sites is 2. The van der Waals surface area contributed by atoms with Crippen molar-refractivity contribution in [3.05, 3.63) is 83.7 Å². The number of aryl methyl sites for hydroxylation is 1. The molecule has 2 aliphatic rings. The smallest absolute Gasteiger partial charge is 0.247 e. The monoisotopic (exact) mass is 413 g/mol. The minimum absolute atomic E-state index is 0.0416. The van der Waals surface area contributed by atoms with Crippen LogP contribution in [-0.2, 0) is 9.59 Å². The van der Waals surface area contributed by atoms with Gasteiger partial charge in [0.05, 0.1) is 17.1 Å². The van der Waals surface area contributed by atoms with Crippen LogP contribution in [0.1, 0.15) is 49.0 Å². The average Bonchev–Trinajstić information content (AvgIpc) is 3.51. The molecule has 1 fully saturated rings. The molecule has 158 valence electrons. The molecule has 5 rings (SSSR count). The van der Waals surface area contributed by atoms with Crippen LogP contribution in [0.4, 0.5) is 5.69 Å². The topological polar surface area (TPSA) is 45.6 Å². The van der Waals surface area contributed by atoms with Crippen LogP contribution in [0.2, 0.25) is 0 Å². The molecule has 1 aliphatic heterocycles. The first-order valence-electron chi connectivity index (χ1n) is 11.0. The van der Waals surface area contributed by atoms with Gasteiger partial charge in [0.2, 0.25) is 11.8 Å². The Bertz CT molecular complexity index is 1140. The third-order valence-corrected chi connectivity index (χ3v) is 6.26. The molecule has 5 nitrogen and oxygen atoms in total. The second-order valence-electron chi connectivity index (χ2n) is 8.48. The van der Waals surface area contributed by atoms with E-state index in [1.54, 1.807) is 4.90 Å². The van der Waals surface area contributed by atoms with Gasteiger partial charge in [0.1, 0.15) is 12.6 Å². The zero-order valence-corrected chi connectivity index (χ0v) is 18.0. The van der Waals surface area contributed by atoms with Crippen molar-refractivity contribution in [3.8, 4) is 5.69 Å². The first-order valence-corrected chi connectivity index (χ1v) is 11.0. The van der Waals surface area contributed by atoms with Crippen LogP contribution in [0.15, 0.2) is 66.9 Å². The lowest BCUT2D eigenvalue weighted by atomic mass is 9.96. The molecule has 0 N–H and O–H groups in total. The van der Waals surface area contributed by atoms with Crippen molar-refractivity contribution in [2.75, 3.05) is 11.4 Å². The number of aromatic nitrogens is 1. The lowest BCUT2D eigenvalue weighted by molar-refractivity contribution is -0.135. The molecule has 2 aromatic carbocycles. The Labute approximate surface area is 182 Å². The highest BCUT2D eigenvalue weighted by molar-refractivity contribution is 6.00. The SMILES string of the molecule is CCC(=O)N(CC(=O)N1c2ccccc2-n2cccc2C1c1cccc(C)c1)C1CC1. The highest BCUT2D eigenvalue weighted by atomic mass is 16.2. The summed E-state index contributed by atoms with van der Waals surface area (Å²) in [5.74, 6) is 0.0109. The number of amides is 2. The molecule has 1 atom stereocenters. The molecular weight excluding hydrogens is 386 g/mol. The van der Waals surface area contributed by atoms with Gasteiger partial charge in [-0.1, -0.05) is 48.9 Å². The first kappa shape index (κ1) is 19.6. The van der Waals surface area contributed by atoms with E-state index in [9.17, 15) is 9.59 Å². The number of anilines is 1. The van der Waals surface area contributed by atoms with Gasteiger partial charge in [0.25, 0.3) is 0 Å². The van der Waals surface area contributed by atoms with E-state index in [1.807, 2.05) is 48.2 Å².